The summed E-state index contributed by atoms with van der Waals surface area (Å²) in [4.78, 5) is 7.19. The molecule has 0 atom stereocenters. The van der Waals surface area contributed by atoms with Crippen molar-refractivity contribution >= 4 is 11.4 Å². The molecular formula is C15H25N3. The van der Waals surface area contributed by atoms with E-state index in [1.54, 1.807) is 0 Å². The zero-order valence-electron chi connectivity index (χ0n) is 12.1. The highest BCUT2D eigenvalue weighted by Crippen LogP contribution is 2.25. The molecule has 0 aliphatic carbocycles. The van der Waals surface area contributed by atoms with Crippen LogP contribution in [-0.4, -0.2) is 51.7 Å². The molecule has 0 aromatic heterocycles. The molecule has 3 nitrogen and oxygen atoms in total. The Morgan fingerprint density at radius 1 is 1.11 bits per heavy atom. The van der Waals surface area contributed by atoms with Crippen molar-refractivity contribution in [3.63, 3.8) is 0 Å². The smallest absolute Gasteiger partial charge is 0.0398 e. The van der Waals surface area contributed by atoms with Gasteiger partial charge >= 0.3 is 0 Å². The minimum absolute atomic E-state index is 1.15. The van der Waals surface area contributed by atoms with Crippen molar-refractivity contribution in [3.05, 3.63) is 23.8 Å². The molecule has 1 aliphatic heterocycles. The first-order valence-corrected chi connectivity index (χ1v) is 6.87. The van der Waals surface area contributed by atoms with E-state index in [0.717, 1.165) is 13.1 Å². The maximum atomic E-state index is 2.51. The predicted octanol–water partition coefficient (Wildman–Crippen LogP) is 2.20. The summed E-state index contributed by atoms with van der Waals surface area (Å²) >= 11 is 0. The largest absolute Gasteiger partial charge is 0.378 e. The van der Waals surface area contributed by atoms with Gasteiger partial charge in [-0.1, -0.05) is 6.92 Å². The van der Waals surface area contributed by atoms with Crippen molar-refractivity contribution in [1.82, 2.24) is 4.90 Å². The highest BCUT2D eigenvalue weighted by molar-refractivity contribution is 5.61. The quantitative estimate of drug-likeness (QED) is 0.811. The Morgan fingerprint density at radius 2 is 1.78 bits per heavy atom. The van der Waals surface area contributed by atoms with Crippen LogP contribution in [0.3, 0.4) is 0 Å². The van der Waals surface area contributed by atoms with Gasteiger partial charge in [-0.25, -0.2) is 0 Å². The van der Waals surface area contributed by atoms with Crippen molar-refractivity contribution in [2.24, 2.45) is 0 Å². The Labute approximate surface area is 111 Å². The molecule has 0 radical (unpaired) electrons. The SMILES string of the molecule is CCN1CCN(c2ccc(N(C)C)cc2C)CC1. The summed E-state index contributed by atoms with van der Waals surface area (Å²) in [6.07, 6.45) is 0. The number of rotatable bonds is 3. The summed E-state index contributed by atoms with van der Waals surface area (Å²) in [5, 5.41) is 0. The number of benzene rings is 1. The lowest BCUT2D eigenvalue weighted by Crippen LogP contribution is -2.46. The zero-order chi connectivity index (χ0) is 13.1. The second kappa shape index (κ2) is 5.61. The lowest BCUT2D eigenvalue weighted by atomic mass is 10.1. The Kier molecular flexibility index (Phi) is 4.12. The van der Waals surface area contributed by atoms with E-state index in [1.807, 2.05) is 0 Å². The van der Waals surface area contributed by atoms with Gasteiger partial charge in [0.05, 0.1) is 0 Å². The lowest BCUT2D eigenvalue weighted by Gasteiger charge is -2.36. The second-order valence-electron chi connectivity index (χ2n) is 5.29. The van der Waals surface area contributed by atoms with Crippen LogP contribution in [0.25, 0.3) is 0 Å². The van der Waals surface area contributed by atoms with Gasteiger partial charge in [-0.15, -0.1) is 0 Å². The van der Waals surface area contributed by atoms with E-state index in [4.69, 9.17) is 0 Å². The molecular weight excluding hydrogens is 222 g/mol. The van der Waals surface area contributed by atoms with Gasteiger partial charge in [0.15, 0.2) is 0 Å². The van der Waals surface area contributed by atoms with Crippen molar-refractivity contribution < 1.29 is 0 Å². The predicted molar refractivity (Wildman–Crippen MR) is 79.8 cm³/mol. The number of anilines is 2. The van der Waals surface area contributed by atoms with Gasteiger partial charge in [0.25, 0.3) is 0 Å². The van der Waals surface area contributed by atoms with Gasteiger partial charge < -0.3 is 14.7 Å². The molecule has 0 bridgehead atoms. The standard InChI is InChI=1S/C15H25N3/c1-5-17-8-10-18(11-9-17)15-7-6-14(16(3)4)12-13(15)2/h6-7,12H,5,8-11H2,1-4H3. The first-order valence-electron chi connectivity index (χ1n) is 6.87. The normalized spacial score (nSPS) is 17.0. The third-order valence-electron chi connectivity index (χ3n) is 3.86. The van der Waals surface area contributed by atoms with Gasteiger partial charge in [-0.2, -0.15) is 0 Å². The highest BCUT2D eigenvalue weighted by Gasteiger charge is 2.17. The van der Waals surface area contributed by atoms with Gasteiger partial charge in [-0.3, -0.25) is 0 Å². The van der Waals surface area contributed by atoms with E-state index < -0.39 is 0 Å². The van der Waals surface area contributed by atoms with E-state index in [1.165, 1.54) is 36.6 Å². The van der Waals surface area contributed by atoms with E-state index in [-0.39, 0.29) is 0 Å². The van der Waals surface area contributed by atoms with Crippen LogP contribution in [0.5, 0.6) is 0 Å². The molecule has 1 aromatic carbocycles. The van der Waals surface area contributed by atoms with Gasteiger partial charge in [0, 0.05) is 51.6 Å². The molecule has 0 spiro atoms. The van der Waals surface area contributed by atoms with Crippen molar-refractivity contribution in [2.75, 3.05) is 56.6 Å². The molecule has 0 amide bonds. The number of aryl methyl sites for hydroxylation is 1. The van der Waals surface area contributed by atoms with E-state index in [2.05, 4.69) is 60.8 Å². The van der Waals surface area contributed by atoms with Gasteiger partial charge in [0.1, 0.15) is 0 Å². The summed E-state index contributed by atoms with van der Waals surface area (Å²) in [6.45, 7) is 10.3. The van der Waals surface area contributed by atoms with Crippen LogP contribution in [0.4, 0.5) is 11.4 Å². The van der Waals surface area contributed by atoms with E-state index in [9.17, 15) is 0 Å². The van der Waals surface area contributed by atoms with Crippen LogP contribution < -0.4 is 9.80 Å². The molecule has 1 heterocycles. The maximum absolute atomic E-state index is 2.51. The molecule has 0 N–H and O–H groups in total. The number of nitrogens with zero attached hydrogens (tertiary/aromatic N) is 3. The van der Waals surface area contributed by atoms with Crippen LogP contribution in [0.2, 0.25) is 0 Å². The molecule has 100 valence electrons. The average molecular weight is 247 g/mol. The van der Waals surface area contributed by atoms with Crippen molar-refractivity contribution in [2.45, 2.75) is 13.8 Å². The number of hydrogen-bond donors (Lipinski definition) is 0. The Hall–Kier alpha value is -1.22. The zero-order valence-corrected chi connectivity index (χ0v) is 12.1. The summed E-state index contributed by atoms with van der Waals surface area (Å²) in [6, 6.07) is 6.77. The summed E-state index contributed by atoms with van der Waals surface area (Å²) in [5.74, 6) is 0. The van der Waals surface area contributed by atoms with Crippen LogP contribution >= 0.6 is 0 Å². The fourth-order valence-electron chi connectivity index (χ4n) is 2.58. The first kappa shape index (κ1) is 13.2. The lowest BCUT2D eigenvalue weighted by molar-refractivity contribution is 0.271. The van der Waals surface area contributed by atoms with Crippen LogP contribution in [-0.2, 0) is 0 Å². The summed E-state index contributed by atoms with van der Waals surface area (Å²) in [7, 11) is 4.18. The number of hydrogen-bond acceptors (Lipinski definition) is 3. The summed E-state index contributed by atoms with van der Waals surface area (Å²) < 4.78 is 0. The van der Waals surface area contributed by atoms with Gasteiger partial charge in [0.2, 0.25) is 0 Å². The second-order valence-corrected chi connectivity index (χ2v) is 5.29. The monoisotopic (exact) mass is 247 g/mol. The maximum Gasteiger partial charge on any atom is 0.0398 e. The topological polar surface area (TPSA) is 9.72 Å². The number of piperazine rings is 1. The first-order chi connectivity index (χ1) is 8.61. The minimum Gasteiger partial charge on any atom is -0.378 e. The molecule has 1 fully saturated rings. The van der Waals surface area contributed by atoms with Crippen molar-refractivity contribution in [3.8, 4) is 0 Å². The fraction of sp³-hybridized carbons (Fsp3) is 0.600. The Balaban J connectivity index is 2.10. The molecule has 2 rings (SSSR count). The van der Waals surface area contributed by atoms with Crippen LogP contribution in [0, 0.1) is 6.92 Å². The molecule has 1 saturated heterocycles. The highest BCUT2D eigenvalue weighted by atomic mass is 15.3. The molecule has 1 aliphatic rings. The Morgan fingerprint density at radius 3 is 2.28 bits per heavy atom. The molecule has 0 saturated carbocycles. The summed E-state index contributed by atoms with van der Waals surface area (Å²) in [5.41, 5.74) is 4.06. The van der Waals surface area contributed by atoms with Crippen LogP contribution in [0.15, 0.2) is 18.2 Å². The third-order valence-corrected chi connectivity index (χ3v) is 3.86. The van der Waals surface area contributed by atoms with Crippen molar-refractivity contribution in [1.29, 1.82) is 0 Å². The Bertz CT molecular complexity index is 393. The number of likely N-dealkylation sites (N-methyl/N-ethyl adjacent to an activating group) is 1. The fourth-order valence-corrected chi connectivity index (χ4v) is 2.58. The van der Waals surface area contributed by atoms with Crippen LogP contribution in [0.1, 0.15) is 12.5 Å². The third kappa shape index (κ3) is 2.78. The molecule has 18 heavy (non-hydrogen) atoms. The molecule has 0 unspecified atom stereocenters. The minimum atomic E-state index is 1.15. The molecule has 3 heteroatoms. The average Bonchev–Trinajstić information content (AvgIpc) is 2.38. The van der Waals surface area contributed by atoms with Gasteiger partial charge in [-0.05, 0) is 37.2 Å². The van der Waals surface area contributed by atoms with E-state index >= 15 is 0 Å². The molecule has 1 aromatic rings. The van der Waals surface area contributed by atoms with E-state index in [0.29, 0.717) is 0 Å².